The van der Waals surface area contributed by atoms with Crippen molar-refractivity contribution in [3.63, 3.8) is 0 Å². The highest BCUT2D eigenvalue weighted by Gasteiger charge is 2.81. The van der Waals surface area contributed by atoms with Gasteiger partial charge in [-0.05, 0) is 24.7 Å². The molecule has 1 N–H and O–H groups in total. The van der Waals surface area contributed by atoms with Crippen LogP contribution < -0.4 is 0 Å². The minimum absolute atomic E-state index is 0.267. The predicted octanol–water partition coefficient (Wildman–Crippen LogP) is 1.03. The lowest BCUT2D eigenvalue weighted by Gasteiger charge is -2.00. The summed E-state index contributed by atoms with van der Waals surface area (Å²) < 4.78 is 4.97. The maximum absolute atomic E-state index is 11.5. The molecular weight excluding hydrogens is 180 g/mol. The molecule has 3 unspecified atom stereocenters. The Morgan fingerprint density at radius 3 is 3.00 bits per heavy atom. The van der Waals surface area contributed by atoms with E-state index < -0.39 is 0 Å². The minimum Gasteiger partial charge on any atom is -0.461 e. The highest BCUT2D eigenvalue weighted by molar-refractivity contribution is 5.91. The number of carbonyl (C=O) groups is 1. The zero-order chi connectivity index (χ0) is 9.45. The standard InChI is InChI=1S/C10H10N2O2/c1-2-14-10(13)9-7-5-3-4(5)6(3)8(7)11-12-9/h3-6H,2H2,1H3,(H,11,12)/t3-,4?,5?,6?/m0/s1. The van der Waals surface area contributed by atoms with E-state index in [2.05, 4.69) is 10.2 Å². The van der Waals surface area contributed by atoms with Crippen LogP contribution in [-0.2, 0) is 4.74 Å². The first-order valence-electron chi connectivity index (χ1n) is 5.10. The first-order chi connectivity index (χ1) is 6.84. The van der Waals surface area contributed by atoms with Crippen LogP contribution in [0.2, 0.25) is 0 Å². The normalized spacial score (nSPS) is 38.9. The Labute approximate surface area is 80.6 Å². The Morgan fingerprint density at radius 2 is 2.29 bits per heavy atom. The molecule has 0 amide bonds. The summed E-state index contributed by atoms with van der Waals surface area (Å²) in [5, 5.41) is 7.04. The molecule has 2 saturated carbocycles. The Hall–Kier alpha value is -1.32. The molecule has 0 aliphatic heterocycles. The third-order valence-corrected chi connectivity index (χ3v) is 3.79. The van der Waals surface area contributed by atoms with Gasteiger partial charge in [0.05, 0.1) is 6.61 Å². The van der Waals surface area contributed by atoms with E-state index in [4.69, 9.17) is 4.74 Å². The zero-order valence-electron chi connectivity index (χ0n) is 7.78. The topological polar surface area (TPSA) is 55.0 Å². The van der Waals surface area contributed by atoms with E-state index in [0.29, 0.717) is 24.1 Å². The summed E-state index contributed by atoms with van der Waals surface area (Å²) in [4.78, 5) is 11.5. The molecule has 4 aliphatic carbocycles. The molecule has 72 valence electrons. The largest absolute Gasteiger partial charge is 0.461 e. The third-order valence-electron chi connectivity index (χ3n) is 3.79. The second kappa shape index (κ2) is 1.87. The van der Waals surface area contributed by atoms with Crippen LogP contribution in [0.15, 0.2) is 0 Å². The van der Waals surface area contributed by atoms with Gasteiger partial charge in [-0.15, -0.1) is 0 Å². The summed E-state index contributed by atoms with van der Waals surface area (Å²) in [5.41, 5.74) is 2.93. The molecule has 2 bridgehead atoms. The Balaban J connectivity index is 1.76. The first-order valence-corrected chi connectivity index (χ1v) is 5.10. The second-order valence-corrected chi connectivity index (χ2v) is 4.33. The fourth-order valence-electron chi connectivity index (χ4n) is 3.10. The quantitative estimate of drug-likeness (QED) is 0.708. The van der Waals surface area contributed by atoms with Gasteiger partial charge in [-0.1, -0.05) is 0 Å². The number of hydrogen-bond donors (Lipinski definition) is 1. The van der Waals surface area contributed by atoms with E-state index in [-0.39, 0.29) is 5.97 Å². The van der Waals surface area contributed by atoms with E-state index in [1.54, 1.807) is 0 Å². The Bertz CT molecular complexity index is 441. The molecule has 5 rings (SSSR count). The van der Waals surface area contributed by atoms with Gasteiger partial charge < -0.3 is 4.74 Å². The SMILES string of the molecule is CCOC(=O)c1n[nH]c2c1C1C3C2[C@H]13. The van der Waals surface area contributed by atoms with E-state index in [1.807, 2.05) is 6.92 Å². The first kappa shape index (κ1) is 7.04. The predicted molar refractivity (Wildman–Crippen MR) is 47.0 cm³/mol. The average molecular weight is 190 g/mol. The fraction of sp³-hybridized carbons (Fsp3) is 0.600. The number of hydrogen-bond acceptors (Lipinski definition) is 3. The van der Waals surface area contributed by atoms with Gasteiger partial charge in [-0.25, -0.2) is 4.79 Å². The third kappa shape index (κ3) is 0.549. The van der Waals surface area contributed by atoms with Gasteiger partial charge in [-0.3, -0.25) is 5.10 Å². The van der Waals surface area contributed by atoms with Crippen LogP contribution in [0.25, 0.3) is 0 Å². The lowest BCUT2D eigenvalue weighted by Crippen LogP contribution is -2.07. The molecule has 1 heterocycles. The Morgan fingerprint density at radius 1 is 1.50 bits per heavy atom. The smallest absolute Gasteiger partial charge is 0.359 e. The van der Waals surface area contributed by atoms with Crippen LogP contribution in [-0.4, -0.2) is 22.8 Å². The molecule has 4 nitrogen and oxygen atoms in total. The van der Waals surface area contributed by atoms with Gasteiger partial charge in [0.15, 0.2) is 5.69 Å². The van der Waals surface area contributed by atoms with Crippen molar-refractivity contribution in [3.05, 3.63) is 17.0 Å². The summed E-state index contributed by atoms with van der Waals surface area (Å²) in [6.45, 7) is 2.23. The highest BCUT2D eigenvalue weighted by Crippen LogP contribution is 2.87. The molecular formula is C10H10N2O2. The molecule has 0 radical (unpaired) electrons. The molecule has 4 heteroatoms. The average Bonchev–Trinajstić information content (AvgIpc) is 2.87. The molecule has 1 aromatic heterocycles. The van der Waals surface area contributed by atoms with Crippen molar-refractivity contribution in [2.75, 3.05) is 6.61 Å². The number of nitrogens with one attached hydrogen (secondary N) is 1. The molecule has 4 aliphatic rings. The fourth-order valence-corrected chi connectivity index (χ4v) is 3.10. The highest BCUT2D eigenvalue weighted by atomic mass is 16.5. The summed E-state index contributed by atoms with van der Waals surface area (Å²) in [6.07, 6.45) is 0. The molecule has 0 spiro atoms. The van der Waals surface area contributed by atoms with Crippen LogP contribution in [0.3, 0.4) is 0 Å². The summed E-state index contributed by atoms with van der Waals surface area (Å²) >= 11 is 0. The van der Waals surface area contributed by atoms with E-state index in [9.17, 15) is 4.79 Å². The van der Waals surface area contributed by atoms with Gasteiger partial charge in [0.1, 0.15) is 0 Å². The Kier molecular flexibility index (Phi) is 0.941. The minimum atomic E-state index is -0.267. The summed E-state index contributed by atoms with van der Waals surface area (Å²) in [5.74, 6) is 2.80. The van der Waals surface area contributed by atoms with Crippen LogP contribution in [0.1, 0.15) is 40.5 Å². The van der Waals surface area contributed by atoms with Crippen molar-refractivity contribution in [2.45, 2.75) is 18.8 Å². The maximum Gasteiger partial charge on any atom is 0.359 e. The van der Waals surface area contributed by atoms with Gasteiger partial charge in [0.2, 0.25) is 0 Å². The number of esters is 1. The lowest BCUT2D eigenvalue weighted by atomic mass is 10.1. The van der Waals surface area contributed by atoms with Crippen molar-refractivity contribution in [1.29, 1.82) is 0 Å². The molecule has 1 aromatic rings. The zero-order valence-corrected chi connectivity index (χ0v) is 7.78. The van der Waals surface area contributed by atoms with E-state index in [1.165, 1.54) is 11.3 Å². The second-order valence-electron chi connectivity index (χ2n) is 4.33. The van der Waals surface area contributed by atoms with Crippen molar-refractivity contribution in [1.82, 2.24) is 10.2 Å². The lowest BCUT2D eigenvalue weighted by molar-refractivity contribution is 0.0518. The molecule has 0 saturated heterocycles. The number of rotatable bonds is 2. The van der Waals surface area contributed by atoms with Gasteiger partial charge in [-0.2, -0.15) is 5.10 Å². The molecule has 2 fully saturated rings. The summed E-state index contributed by atoms with van der Waals surface area (Å²) in [7, 11) is 0. The van der Waals surface area contributed by atoms with Gasteiger partial charge >= 0.3 is 5.97 Å². The van der Waals surface area contributed by atoms with Crippen molar-refractivity contribution in [2.24, 2.45) is 11.8 Å². The van der Waals surface area contributed by atoms with Gasteiger partial charge in [0, 0.05) is 17.2 Å². The number of carbonyl (C=O) groups excluding carboxylic acids is 1. The number of nitrogens with zero attached hydrogens (tertiary/aromatic N) is 1. The molecule has 14 heavy (non-hydrogen) atoms. The van der Waals surface area contributed by atoms with Crippen LogP contribution in [0.4, 0.5) is 0 Å². The monoisotopic (exact) mass is 190 g/mol. The number of aromatic nitrogens is 2. The van der Waals surface area contributed by atoms with Crippen LogP contribution in [0, 0.1) is 11.8 Å². The van der Waals surface area contributed by atoms with Crippen LogP contribution >= 0.6 is 0 Å². The van der Waals surface area contributed by atoms with Crippen molar-refractivity contribution < 1.29 is 9.53 Å². The van der Waals surface area contributed by atoms with Crippen LogP contribution in [0.5, 0.6) is 0 Å². The summed E-state index contributed by atoms with van der Waals surface area (Å²) in [6, 6.07) is 0. The molecule has 0 aromatic carbocycles. The van der Waals surface area contributed by atoms with Crippen molar-refractivity contribution >= 4 is 5.97 Å². The van der Waals surface area contributed by atoms with Crippen molar-refractivity contribution in [3.8, 4) is 0 Å². The van der Waals surface area contributed by atoms with E-state index in [0.717, 1.165) is 11.8 Å². The number of aromatic amines is 1. The molecule has 4 atom stereocenters. The maximum atomic E-state index is 11.5. The van der Waals surface area contributed by atoms with E-state index >= 15 is 0 Å². The number of ether oxygens (including phenoxy) is 1. The number of H-pyrrole nitrogens is 1. The van der Waals surface area contributed by atoms with Gasteiger partial charge in [0.25, 0.3) is 0 Å².